The second kappa shape index (κ2) is 13.0. The number of carbonyl (C=O) groups is 2. The van der Waals surface area contributed by atoms with Crippen LogP contribution in [0.2, 0.25) is 0 Å². The standard InChI is InChI=1S/C36H32F3N5O3/c1-44-18-16-28-31(35(44)47)33(42-26-7-3-2-4-8-26)32(43-28)23-15-17-40-30(19-23)36(38,39)20-24(22-11-13-25(37)14-12-22)21-41-34(46)27-9-5-6-10-29(27)45/h2-15,17,19,24,42-43,45H,16,18,20-21H2,1H3,(H,41,46)/t24-/m1/s1. The van der Waals surface area contributed by atoms with E-state index in [-0.39, 0.29) is 23.8 Å². The lowest BCUT2D eigenvalue weighted by Gasteiger charge is -2.24. The molecule has 11 heteroatoms. The first-order chi connectivity index (χ1) is 22.6. The molecule has 0 fully saturated rings. The number of phenolic OH excluding ortho intramolecular Hbond substituents is 1. The Labute approximate surface area is 269 Å². The van der Waals surface area contributed by atoms with Crippen LogP contribution in [0.25, 0.3) is 11.3 Å². The lowest BCUT2D eigenvalue weighted by molar-refractivity contribution is -0.0245. The summed E-state index contributed by atoms with van der Waals surface area (Å²) in [5.74, 6) is -6.00. The third-order valence-corrected chi connectivity index (χ3v) is 8.30. The molecule has 2 amide bonds. The number of likely N-dealkylation sites (N-methyl/N-ethyl adjacent to an activating group) is 1. The van der Waals surface area contributed by atoms with Crippen molar-refractivity contribution in [3.63, 3.8) is 0 Å². The number of fused-ring (bicyclic) bond motifs is 1. The van der Waals surface area contributed by atoms with Gasteiger partial charge in [0.05, 0.1) is 22.5 Å². The Bertz CT molecular complexity index is 1910. The molecule has 1 aliphatic rings. The van der Waals surface area contributed by atoms with E-state index in [1.807, 2.05) is 30.3 Å². The molecule has 6 rings (SSSR count). The molecule has 47 heavy (non-hydrogen) atoms. The molecule has 8 nitrogen and oxygen atoms in total. The summed E-state index contributed by atoms with van der Waals surface area (Å²) in [7, 11) is 1.72. The van der Waals surface area contributed by atoms with Crippen molar-refractivity contribution < 1.29 is 27.9 Å². The summed E-state index contributed by atoms with van der Waals surface area (Å²) in [5.41, 5.74) is 3.16. The molecule has 1 atom stereocenters. The second-order valence-corrected chi connectivity index (χ2v) is 11.5. The predicted molar refractivity (Wildman–Crippen MR) is 173 cm³/mol. The lowest BCUT2D eigenvalue weighted by atomic mass is 9.90. The summed E-state index contributed by atoms with van der Waals surface area (Å²) in [4.78, 5) is 35.0. The molecule has 240 valence electrons. The van der Waals surface area contributed by atoms with Crippen molar-refractivity contribution in [2.24, 2.45) is 0 Å². The van der Waals surface area contributed by atoms with Gasteiger partial charge in [-0.3, -0.25) is 14.6 Å². The van der Waals surface area contributed by atoms with Crippen LogP contribution in [0.4, 0.5) is 24.5 Å². The normalized spacial score (nSPS) is 13.6. The van der Waals surface area contributed by atoms with Crippen molar-refractivity contribution in [3.8, 4) is 17.0 Å². The number of aromatic nitrogens is 2. The van der Waals surface area contributed by atoms with Crippen molar-refractivity contribution >= 4 is 23.2 Å². The van der Waals surface area contributed by atoms with Gasteiger partial charge in [0.2, 0.25) is 0 Å². The topological polar surface area (TPSA) is 110 Å². The van der Waals surface area contributed by atoms with Crippen molar-refractivity contribution in [3.05, 3.63) is 131 Å². The summed E-state index contributed by atoms with van der Waals surface area (Å²) in [6.45, 7) is 0.305. The fourth-order valence-corrected chi connectivity index (χ4v) is 5.77. The minimum atomic E-state index is -3.48. The Morgan fingerprint density at radius 2 is 1.77 bits per heavy atom. The maximum Gasteiger partial charge on any atom is 0.290 e. The minimum Gasteiger partial charge on any atom is -0.507 e. The molecule has 0 aliphatic carbocycles. The summed E-state index contributed by atoms with van der Waals surface area (Å²) < 4.78 is 46.1. The Morgan fingerprint density at radius 1 is 1.04 bits per heavy atom. The molecule has 2 aromatic heterocycles. The fourth-order valence-electron chi connectivity index (χ4n) is 5.77. The monoisotopic (exact) mass is 639 g/mol. The van der Waals surface area contributed by atoms with Crippen molar-refractivity contribution in [2.45, 2.75) is 24.7 Å². The van der Waals surface area contributed by atoms with E-state index < -0.39 is 35.7 Å². The van der Waals surface area contributed by atoms with E-state index in [1.54, 1.807) is 30.1 Å². The van der Waals surface area contributed by atoms with E-state index >= 15 is 8.78 Å². The number of carbonyl (C=O) groups excluding carboxylic acids is 2. The molecular weight excluding hydrogens is 607 g/mol. The number of H-pyrrole nitrogens is 1. The number of phenols is 1. The number of benzene rings is 3. The van der Waals surface area contributed by atoms with Gasteiger partial charge in [0.1, 0.15) is 17.3 Å². The number of nitrogens with zero attached hydrogens (tertiary/aromatic N) is 2. The molecule has 4 N–H and O–H groups in total. The average Bonchev–Trinajstić information content (AvgIpc) is 3.44. The Balaban J connectivity index is 1.32. The molecule has 0 spiro atoms. The summed E-state index contributed by atoms with van der Waals surface area (Å²) in [6, 6.07) is 23.2. The van der Waals surface area contributed by atoms with Gasteiger partial charge < -0.3 is 25.6 Å². The Morgan fingerprint density at radius 3 is 2.51 bits per heavy atom. The second-order valence-electron chi connectivity index (χ2n) is 11.5. The SMILES string of the molecule is CN1CCc2[nH]c(-c3ccnc(C(F)(F)C[C@H](CNC(=O)c4ccccc4O)c4ccc(F)cc4)c3)c(Nc3ccccc3)c2C1=O. The Kier molecular flexibility index (Phi) is 8.71. The van der Waals surface area contributed by atoms with Gasteiger partial charge in [-0.15, -0.1) is 0 Å². The largest absolute Gasteiger partial charge is 0.507 e. The van der Waals surface area contributed by atoms with Crippen molar-refractivity contribution in [2.75, 3.05) is 25.5 Å². The van der Waals surface area contributed by atoms with Gasteiger partial charge in [0, 0.05) is 62.0 Å². The molecule has 0 saturated heterocycles. The van der Waals surface area contributed by atoms with Gasteiger partial charge in [0.15, 0.2) is 0 Å². The predicted octanol–water partition coefficient (Wildman–Crippen LogP) is 6.99. The molecule has 0 saturated carbocycles. The first-order valence-corrected chi connectivity index (χ1v) is 15.1. The van der Waals surface area contributed by atoms with Crippen LogP contribution in [0, 0.1) is 5.82 Å². The fraction of sp³-hybridized carbons (Fsp3) is 0.194. The van der Waals surface area contributed by atoms with Gasteiger partial charge in [-0.05, 0) is 54.1 Å². The highest BCUT2D eigenvalue weighted by molar-refractivity contribution is 6.06. The van der Waals surface area contributed by atoms with Crippen LogP contribution in [-0.2, 0) is 12.3 Å². The molecule has 1 aliphatic heterocycles. The van der Waals surface area contributed by atoms with Gasteiger partial charge >= 0.3 is 0 Å². The van der Waals surface area contributed by atoms with Gasteiger partial charge in [-0.1, -0.05) is 42.5 Å². The average molecular weight is 640 g/mol. The first kappa shape index (κ1) is 31.4. The van der Waals surface area contributed by atoms with Crippen LogP contribution in [0.5, 0.6) is 5.75 Å². The summed E-state index contributed by atoms with van der Waals surface area (Å²) in [6.07, 6.45) is 1.11. The molecule has 0 unspecified atom stereocenters. The van der Waals surface area contributed by atoms with E-state index in [4.69, 9.17) is 0 Å². The number of amides is 2. The molecular formula is C36H32F3N5O3. The van der Waals surface area contributed by atoms with Crippen molar-refractivity contribution in [1.29, 1.82) is 0 Å². The summed E-state index contributed by atoms with van der Waals surface area (Å²) in [5, 5.41) is 16.0. The van der Waals surface area contributed by atoms with Crippen LogP contribution in [0.3, 0.4) is 0 Å². The number of hydrogen-bond acceptors (Lipinski definition) is 5. The number of para-hydroxylation sites is 2. The number of nitrogens with one attached hydrogen (secondary N) is 3. The summed E-state index contributed by atoms with van der Waals surface area (Å²) >= 11 is 0. The first-order valence-electron chi connectivity index (χ1n) is 15.1. The third-order valence-electron chi connectivity index (χ3n) is 8.30. The molecule has 5 aromatic rings. The number of aromatic amines is 1. The third kappa shape index (κ3) is 6.69. The van der Waals surface area contributed by atoms with E-state index in [0.29, 0.717) is 46.7 Å². The van der Waals surface area contributed by atoms with Gasteiger partial charge in [-0.2, -0.15) is 8.78 Å². The minimum absolute atomic E-state index is 0.00437. The molecule has 3 heterocycles. The molecule has 0 radical (unpaired) electrons. The van der Waals surface area contributed by atoms with Crippen LogP contribution in [0.1, 0.15) is 50.0 Å². The highest BCUT2D eigenvalue weighted by Crippen LogP contribution is 2.41. The smallest absolute Gasteiger partial charge is 0.290 e. The maximum absolute atomic E-state index is 16.2. The number of rotatable bonds is 10. The highest BCUT2D eigenvalue weighted by atomic mass is 19.3. The quantitative estimate of drug-likeness (QED) is 0.132. The maximum atomic E-state index is 16.2. The number of aromatic hydroxyl groups is 1. The molecule has 0 bridgehead atoms. The van der Waals surface area contributed by atoms with Gasteiger partial charge in [-0.25, -0.2) is 4.39 Å². The van der Waals surface area contributed by atoms with Crippen LogP contribution < -0.4 is 10.6 Å². The zero-order valence-electron chi connectivity index (χ0n) is 25.4. The number of pyridine rings is 1. The van der Waals surface area contributed by atoms with E-state index in [9.17, 15) is 19.1 Å². The van der Waals surface area contributed by atoms with Gasteiger partial charge in [0.25, 0.3) is 17.7 Å². The zero-order valence-corrected chi connectivity index (χ0v) is 25.4. The number of hydrogen-bond donors (Lipinski definition) is 4. The van der Waals surface area contributed by atoms with Crippen LogP contribution >= 0.6 is 0 Å². The van der Waals surface area contributed by atoms with E-state index in [1.165, 1.54) is 48.7 Å². The Hall–Kier alpha value is -5.58. The highest BCUT2D eigenvalue weighted by Gasteiger charge is 2.38. The van der Waals surface area contributed by atoms with Crippen LogP contribution in [0.15, 0.2) is 97.2 Å². The van der Waals surface area contributed by atoms with E-state index in [2.05, 4.69) is 20.6 Å². The van der Waals surface area contributed by atoms with Crippen molar-refractivity contribution in [1.82, 2.24) is 20.2 Å². The number of alkyl halides is 2. The van der Waals surface area contributed by atoms with E-state index in [0.717, 1.165) is 5.69 Å². The number of halogens is 3. The van der Waals surface area contributed by atoms with Crippen LogP contribution in [-0.4, -0.2) is 51.9 Å². The molecule has 3 aromatic carbocycles. The lowest BCUT2D eigenvalue weighted by Crippen LogP contribution is -2.34. The zero-order chi connectivity index (χ0) is 33.1. The number of anilines is 2.